The Morgan fingerprint density at radius 3 is 1.71 bits per heavy atom. The topological polar surface area (TPSA) is 125 Å². The number of hydrogen-bond donors (Lipinski definition) is 4. The fraction of sp³-hybridized carbons (Fsp3) is 0.622. The van der Waals surface area contributed by atoms with Gasteiger partial charge in [-0.1, -0.05) is 111 Å². The normalized spacial score (nSPS) is 16.0. The van der Waals surface area contributed by atoms with E-state index >= 15 is 0 Å². The van der Waals surface area contributed by atoms with Gasteiger partial charge in [-0.2, -0.15) is 0 Å². The average Bonchev–Trinajstić information content (AvgIpc) is 3.13. The molecule has 0 aliphatic heterocycles. The molecule has 9 nitrogen and oxygen atoms in total. The highest BCUT2D eigenvalue weighted by Crippen LogP contribution is 2.43. The predicted molar refractivity (Wildman–Crippen MR) is 232 cm³/mol. The van der Waals surface area contributed by atoms with Gasteiger partial charge < -0.3 is 24.9 Å². The van der Waals surface area contributed by atoms with Crippen molar-refractivity contribution in [3.8, 4) is 0 Å². The fourth-order valence-corrected chi connectivity index (χ4v) is 5.88. The van der Waals surface area contributed by atoms with Crippen LogP contribution in [-0.4, -0.2) is 84.6 Å². The van der Waals surface area contributed by atoms with Gasteiger partial charge in [-0.15, -0.1) is 0 Å². The number of rotatable bonds is 35. The second-order valence-corrected chi connectivity index (χ2v) is 16.2. The number of nitrogens with zero attached hydrogens (tertiary/aromatic N) is 1. The Balaban J connectivity index is 4.69. The Hall–Kier alpha value is -2.62. The number of carbonyl (C=O) groups excluding carboxylic acids is 1. The van der Waals surface area contributed by atoms with Gasteiger partial charge in [0, 0.05) is 6.42 Å². The molecule has 10 heteroatoms. The molecule has 314 valence electrons. The minimum absolute atomic E-state index is 0.000530. The number of phosphoric ester groups is 1. The van der Waals surface area contributed by atoms with Crippen LogP contribution in [0.2, 0.25) is 0 Å². The van der Waals surface area contributed by atoms with Crippen LogP contribution in [0.15, 0.2) is 97.2 Å². The molecule has 0 aromatic heterocycles. The molecule has 0 fully saturated rings. The third-order valence-electron chi connectivity index (χ3n) is 8.46. The molecule has 0 aromatic rings. The lowest BCUT2D eigenvalue weighted by Crippen LogP contribution is -2.51. The van der Waals surface area contributed by atoms with Crippen molar-refractivity contribution < 1.29 is 38.0 Å². The molecule has 0 saturated heterocycles. The van der Waals surface area contributed by atoms with E-state index in [1.165, 1.54) is 0 Å². The molecular weight excluding hydrogens is 711 g/mol. The summed E-state index contributed by atoms with van der Waals surface area (Å²) in [6.07, 6.45) is 46.3. The molecular formula is C45H78N2O7P+. The van der Waals surface area contributed by atoms with Gasteiger partial charge in [-0.25, -0.2) is 4.57 Å². The monoisotopic (exact) mass is 790 g/mol. The average molecular weight is 790 g/mol. The van der Waals surface area contributed by atoms with E-state index in [0.717, 1.165) is 83.5 Å². The quantitative estimate of drug-likeness (QED) is 0.0218. The lowest BCUT2D eigenvalue weighted by atomic mass is 10.0. The maximum absolute atomic E-state index is 12.9. The maximum atomic E-state index is 12.9. The van der Waals surface area contributed by atoms with Gasteiger partial charge in [-0.3, -0.25) is 13.8 Å². The number of likely N-dealkylation sites (N-methyl/N-ethyl adjacent to an activating group) is 1. The first-order valence-electron chi connectivity index (χ1n) is 20.7. The molecule has 0 bridgehead atoms. The first-order chi connectivity index (χ1) is 26.4. The number of aliphatic hydroxyl groups excluding tert-OH is 2. The Labute approximate surface area is 335 Å². The van der Waals surface area contributed by atoms with Crippen LogP contribution < -0.4 is 5.32 Å². The van der Waals surface area contributed by atoms with Crippen LogP contribution >= 0.6 is 7.82 Å². The third kappa shape index (κ3) is 36.8. The molecule has 4 unspecified atom stereocenters. The van der Waals surface area contributed by atoms with Crippen molar-refractivity contribution in [3.63, 3.8) is 0 Å². The molecule has 55 heavy (non-hydrogen) atoms. The number of phosphoric acid groups is 1. The van der Waals surface area contributed by atoms with Gasteiger partial charge in [0.25, 0.3) is 0 Å². The van der Waals surface area contributed by atoms with Crippen molar-refractivity contribution in [3.05, 3.63) is 97.2 Å². The van der Waals surface area contributed by atoms with Gasteiger partial charge in [0.1, 0.15) is 19.3 Å². The summed E-state index contributed by atoms with van der Waals surface area (Å²) in [6, 6.07) is -1.08. The number of aliphatic hydroxyl groups is 2. The van der Waals surface area contributed by atoms with E-state index in [9.17, 15) is 24.5 Å². The molecule has 0 heterocycles. The van der Waals surface area contributed by atoms with Gasteiger partial charge in [-0.05, 0) is 103 Å². The summed E-state index contributed by atoms with van der Waals surface area (Å²) >= 11 is 0. The highest BCUT2D eigenvalue weighted by molar-refractivity contribution is 7.47. The van der Waals surface area contributed by atoms with Crippen molar-refractivity contribution in [2.45, 2.75) is 141 Å². The van der Waals surface area contributed by atoms with Crippen molar-refractivity contribution in [2.75, 3.05) is 40.9 Å². The van der Waals surface area contributed by atoms with Crippen LogP contribution in [-0.2, 0) is 18.4 Å². The van der Waals surface area contributed by atoms with Crippen LogP contribution in [0.5, 0.6) is 0 Å². The first-order valence-corrected chi connectivity index (χ1v) is 22.1. The SMILES string of the molecule is C/C=C/CC/C=C/CC/C=C/CCCC(O)C(O)C(COP(=O)(O)OCC[N+](C)(C)C)NC(=O)CCCCC/C=C\C/C=C\C/C=C\C/C=C\C/C=C\CC. The zero-order valence-electron chi connectivity index (χ0n) is 35.0. The zero-order chi connectivity index (χ0) is 40.9. The van der Waals surface area contributed by atoms with E-state index in [0.29, 0.717) is 30.3 Å². The Morgan fingerprint density at radius 2 is 1.16 bits per heavy atom. The second-order valence-electron chi connectivity index (χ2n) is 14.7. The van der Waals surface area contributed by atoms with Gasteiger partial charge in [0.15, 0.2) is 0 Å². The van der Waals surface area contributed by atoms with Crippen molar-refractivity contribution in [1.82, 2.24) is 5.32 Å². The number of allylic oxidation sites excluding steroid dienone is 16. The Kier molecular flexibility index (Phi) is 34.1. The van der Waals surface area contributed by atoms with E-state index in [1.54, 1.807) is 0 Å². The molecule has 4 atom stereocenters. The summed E-state index contributed by atoms with van der Waals surface area (Å²) in [5.41, 5.74) is 0. The van der Waals surface area contributed by atoms with E-state index in [-0.39, 0.29) is 18.9 Å². The largest absolute Gasteiger partial charge is 0.472 e. The second kappa shape index (κ2) is 35.8. The summed E-state index contributed by atoms with van der Waals surface area (Å²) in [4.78, 5) is 23.1. The smallest absolute Gasteiger partial charge is 0.390 e. The molecule has 0 radical (unpaired) electrons. The van der Waals surface area contributed by atoms with Crippen LogP contribution in [0.25, 0.3) is 0 Å². The molecule has 0 saturated carbocycles. The predicted octanol–water partition coefficient (Wildman–Crippen LogP) is 10.2. The Bertz CT molecular complexity index is 1230. The number of nitrogens with one attached hydrogen (secondary N) is 1. The highest BCUT2D eigenvalue weighted by atomic mass is 31.2. The number of hydrogen-bond acceptors (Lipinski definition) is 6. The van der Waals surface area contributed by atoms with Crippen LogP contribution in [0.4, 0.5) is 0 Å². The van der Waals surface area contributed by atoms with Crippen molar-refractivity contribution in [1.29, 1.82) is 0 Å². The van der Waals surface area contributed by atoms with E-state index in [2.05, 4.69) is 109 Å². The molecule has 0 aliphatic rings. The van der Waals surface area contributed by atoms with Crippen molar-refractivity contribution in [2.24, 2.45) is 0 Å². The van der Waals surface area contributed by atoms with Gasteiger partial charge in [0.2, 0.25) is 5.91 Å². The number of quaternary nitrogens is 1. The molecule has 0 spiro atoms. The zero-order valence-corrected chi connectivity index (χ0v) is 35.9. The van der Waals surface area contributed by atoms with Crippen LogP contribution in [0.3, 0.4) is 0 Å². The molecule has 1 amide bonds. The maximum Gasteiger partial charge on any atom is 0.472 e. The summed E-state index contributed by atoms with van der Waals surface area (Å²) in [5, 5.41) is 24.5. The molecule has 4 N–H and O–H groups in total. The molecule has 0 aromatic carbocycles. The number of unbranched alkanes of at least 4 members (excludes halogenated alkanes) is 6. The first kappa shape index (κ1) is 52.4. The minimum atomic E-state index is -4.44. The third-order valence-corrected chi connectivity index (χ3v) is 9.44. The number of carbonyl (C=O) groups is 1. The highest BCUT2D eigenvalue weighted by Gasteiger charge is 2.31. The lowest BCUT2D eigenvalue weighted by molar-refractivity contribution is -0.870. The standard InChI is InChI=1S/C45H77N2O7P/c1-6-8-10-12-14-16-18-20-21-22-23-24-25-26-28-30-32-34-36-38-44(49)46-42(41-54-55(51,52)53-40-39-47(3,4)5)45(50)43(48)37-35-33-31-29-27-19-17-15-13-11-9-7-2/h7-10,14-17,20-21,23-24,26,28-29,31,42-43,45,48,50H,6,11-13,18-19,22,25,27,30,32-41H2,1-5H3,(H-,46,49,51,52)/p+1/b9-7+,10-8-,16-14-,17-15+,21-20-,24-23-,28-26-,31-29+. The van der Waals surface area contributed by atoms with E-state index in [1.807, 2.05) is 28.1 Å². The summed E-state index contributed by atoms with van der Waals surface area (Å²) < 4.78 is 23.4. The van der Waals surface area contributed by atoms with Crippen LogP contribution in [0.1, 0.15) is 123 Å². The fourth-order valence-electron chi connectivity index (χ4n) is 5.15. The van der Waals surface area contributed by atoms with Gasteiger partial charge >= 0.3 is 7.82 Å². The number of amides is 1. The Morgan fingerprint density at radius 1 is 0.673 bits per heavy atom. The molecule has 0 aliphatic carbocycles. The summed E-state index contributed by atoms with van der Waals surface area (Å²) in [7, 11) is 1.36. The summed E-state index contributed by atoms with van der Waals surface area (Å²) in [6.45, 7) is 4.17. The van der Waals surface area contributed by atoms with Crippen molar-refractivity contribution >= 4 is 13.7 Å². The van der Waals surface area contributed by atoms with E-state index < -0.39 is 32.7 Å². The van der Waals surface area contributed by atoms with Gasteiger partial charge in [0.05, 0.1) is 39.9 Å². The molecule has 0 rings (SSSR count). The van der Waals surface area contributed by atoms with Crippen LogP contribution in [0, 0.1) is 0 Å². The van der Waals surface area contributed by atoms with E-state index in [4.69, 9.17) is 9.05 Å². The summed E-state index contributed by atoms with van der Waals surface area (Å²) in [5.74, 6) is -0.313. The minimum Gasteiger partial charge on any atom is -0.390 e. The lowest BCUT2D eigenvalue weighted by Gasteiger charge is -2.28.